The van der Waals surface area contributed by atoms with E-state index in [1.54, 1.807) is 44.2 Å². The number of hydrogen-bond acceptors (Lipinski definition) is 3. The van der Waals surface area contributed by atoms with E-state index in [9.17, 15) is 18.0 Å². The van der Waals surface area contributed by atoms with Crippen molar-refractivity contribution in [1.82, 2.24) is 0 Å². The molecule has 0 fully saturated rings. The molecule has 0 aliphatic heterocycles. The first-order chi connectivity index (χ1) is 9.79. The lowest BCUT2D eigenvalue weighted by molar-refractivity contribution is -0.133. The monoisotopic (exact) mass is 314 g/mol. The van der Waals surface area contributed by atoms with E-state index in [1.165, 1.54) is 6.07 Å². The van der Waals surface area contributed by atoms with Crippen LogP contribution in [-0.2, 0) is 10.9 Å². The Bertz CT molecular complexity index is 630. The van der Waals surface area contributed by atoms with Gasteiger partial charge in [-0.05, 0) is 25.5 Å². The van der Waals surface area contributed by atoms with Crippen LogP contribution in [0.3, 0.4) is 0 Å². The summed E-state index contributed by atoms with van der Waals surface area (Å²) in [7, 11) is 0. The van der Waals surface area contributed by atoms with E-state index in [1.807, 2.05) is 0 Å². The molecule has 1 heterocycles. The molecule has 2 nitrogen and oxygen atoms in total. The van der Waals surface area contributed by atoms with Crippen molar-refractivity contribution in [2.75, 3.05) is 0 Å². The molecule has 0 amide bonds. The zero-order chi connectivity index (χ0) is 15.6. The third-order valence-corrected chi connectivity index (χ3v) is 3.78. The molecule has 0 spiro atoms. The van der Waals surface area contributed by atoms with E-state index in [4.69, 9.17) is 4.74 Å². The highest BCUT2D eigenvalue weighted by Gasteiger charge is 2.37. The van der Waals surface area contributed by atoms with Crippen LogP contribution in [0.15, 0.2) is 36.4 Å². The van der Waals surface area contributed by atoms with Crippen molar-refractivity contribution in [1.29, 1.82) is 0 Å². The summed E-state index contributed by atoms with van der Waals surface area (Å²) < 4.78 is 44.4. The van der Waals surface area contributed by atoms with Crippen molar-refractivity contribution in [3.8, 4) is 11.1 Å². The van der Waals surface area contributed by atoms with Crippen molar-refractivity contribution in [3.63, 3.8) is 0 Å². The molecule has 112 valence electrons. The molecule has 0 atom stereocenters. The minimum absolute atomic E-state index is 0.00352. The maximum absolute atomic E-state index is 13.1. The number of thiophene rings is 1. The molecule has 0 bridgehead atoms. The van der Waals surface area contributed by atoms with Crippen molar-refractivity contribution < 1.29 is 22.7 Å². The van der Waals surface area contributed by atoms with Gasteiger partial charge in [-0.3, -0.25) is 0 Å². The van der Waals surface area contributed by atoms with Gasteiger partial charge in [0.05, 0.1) is 6.10 Å². The smallest absolute Gasteiger partial charge is 0.426 e. The fourth-order valence-corrected chi connectivity index (χ4v) is 2.74. The van der Waals surface area contributed by atoms with Crippen LogP contribution in [0.2, 0.25) is 0 Å². The summed E-state index contributed by atoms with van der Waals surface area (Å²) in [4.78, 5) is 11.0. The maximum atomic E-state index is 13.1. The SMILES string of the molecule is CC(C)OC(=O)c1cc(-c2ccccc2)c(C(F)(F)F)s1. The summed E-state index contributed by atoms with van der Waals surface area (Å²) in [6.45, 7) is 3.29. The summed E-state index contributed by atoms with van der Waals surface area (Å²) in [5.74, 6) is -0.734. The number of carbonyl (C=O) groups is 1. The van der Waals surface area contributed by atoms with Gasteiger partial charge in [-0.15, -0.1) is 11.3 Å². The normalized spacial score (nSPS) is 11.7. The first kappa shape index (κ1) is 15.6. The van der Waals surface area contributed by atoms with Crippen molar-refractivity contribution in [2.24, 2.45) is 0 Å². The molecule has 1 aromatic carbocycles. The Morgan fingerprint density at radius 2 is 1.81 bits per heavy atom. The lowest BCUT2D eigenvalue weighted by atomic mass is 10.1. The van der Waals surface area contributed by atoms with Gasteiger partial charge in [0.15, 0.2) is 0 Å². The topological polar surface area (TPSA) is 26.3 Å². The van der Waals surface area contributed by atoms with Crippen molar-refractivity contribution >= 4 is 17.3 Å². The van der Waals surface area contributed by atoms with Gasteiger partial charge in [0, 0.05) is 5.56 Å². The lowest BCUT2D eigenvalue weighted by Gasteiger charge is -2.07. The number of hydrogen-bond donors (Lipinski definition) is 0. The lowest BCUT2D eigenvalue weighted by Crippen LogP contribution is -2.10. The standard InChI is InChI=1S/C15H13F3O2S/c1-9(2)20-14(19)12-8-11(10-6-4-3-5-7-10)13(21-12)15(16,17)18/h3-9H,1-2H3. The molecule has 2 aromatic rings. The molecule has 0 saturated carbocycles. The second-order valence-electron chi connectivity index (χ2n) is 4.67. The van der Waals surface area contributed by atoms with Crippen LogP contribution in [-0.4, -0.2) is 12.1 Å². The molecule has 1 aromatic heterocycles. The highest BCUT2D eigenvalue weighted by molar-refractivity contribution is 7.14. The first-order valence-electron chi connectivity index (χ1n) is 6.26. The number of carbonyl (C=O) groups excluding carboxylic acids is 1. The van der Waals surface area contributed by atoms with Gasteiger partial charge in [-0.1, -0.05) is 30.3 Å². The molecule has 0 N–H and O–H groups in total. The van der Waals surface area contributed by atoms with Crippen molar-refractivity contribution in [3.05, 3.63) is 46.2 Å². The minimum atomic E-state index is -4.51. The number of halogens is 3. The quantitative estimate of drug-likeness (QED) is 0.745. The summed E-state index contributed by atoms with van der Waals surface area (Å²) >= 11 is 0.412. The van der Waals surface area contributed by atoms with Gasteiger partial charge >= 0.3 is 12.1 Å². The van der Waals surface area contributed by atoms with Crippen LogP contribution in [0, 0.1) is 0 Å². The predicted molar refractivity (Wildman–Crippen MR) is 75.3 cm³/mol. The molecule has 2 rings (SSSR count). The van der Waals surface area contributed by atoms with Gasteiger partial charge in [-0.25, -0.2) is 4.79 Å². The van der Waals surface area contributed by atoms with Gasteiger partial charge in [-0.2, -0.15) is 13.2 Å². The molecule has 0 saturated heterocycles. The highest BCUT2D eigenvalue weighted by Crippen LogP contribution is 2.42. The first-order valence-corrected chi connectivity index (χ1v) is 7.08. The molecule has 0 unspecified atom stereocenters. The molecular weight excluding hydrogens is 301 g/mol. The van der Waals surface area contributed by atoms with Crippen LogP contribution in [0.25, 0.3) is 11.1 Å². The van der Waals surface area contributed by atoms with E-state index in [0.29, 0.717) is 16.9 Å². The molecule has 21 heavy (non-hydrogen) atoms. The van der Waals surface area contributed by atoms with E-state index in [-0.39, 0.29) is 16.5 Å². The summed E-state index contributed by atoms with van der Waals surface area (Å²) in [5, 5.41) is 0. The number of esters is 1. The average molecular weight is 314 g/mol. The molecule has 6 heteroatoms. The second-order valence-corrected chi connectivity index (χ2v) is 5.72. The Morgan fingerprint density at radius 1 is 1.19 bits per heavy atom. The molecule has 0 aliphatic carbocycles. The number of alkyl halides is 3. The predicted octanol–water partition coefficient (Wildman–Crippen LogP) is 5.00. The van der Waals surface area contributed by atoms with Gasteiger partial charge < -0.3 is 4.74 Å². The second kappa shape index (κ2) is 5.89. The Balaban J connectivity index is 2.49. The van der Waals surface area contributed by atoms with Gasteiger partial charge in [0.1, 0.15) is 9.75 Å². The molecule has 0 radical (unpaired) electrons. The maximum Gasteiger partial charge on any atom is 0.426 e. The number of benzene rings is 1. The molecule has 0 aliphatic rings. The molecular formula is C15H13F3O2S. The number of ether oxygens (including phenoxy) is 1. The fourth-order valence-electron chi connectivity index (χ4n) is 1.81. The summed E-state index contributed by atoms with van der Waals surface area (Å²) in [5.41, 5.74) is 0.425. The number of rotatable bonds is 3. The minimum Gasteiger partial charge on any atom is -0.459 e. The van der Waals surface area contributed by atoms with Crippen LogP contribution >= 0.6 is 11.3 Å². The van der Waals surface area contributed by atoms with Crippen LogP contribution < -0.4 is 0 Å². The summed E-state index contributed by atoms with van der Waals surface area (Å²) in [6.07, 6.45) is -4.89. The third kappa shape index (κ3) is 3.64. The fraction of sp³-hybridized carbons (Fsp3) is 0.267. The third-order valence-electron chi connectivity index (χ3n) is 2.62. The largest absolute Gasteiger partial charge is 0.459 e. The Kier molecular flexibility index (Phi) is 4.37. The zero-order valence-electron chi connectivity index (χ0n) is 11.4. The average Bonchev–Trinajstić information content (AvgIpc) is 2.84. The van der Waals surface area contributed by atoms with Gasteiger partial charge in [0.2, 0.25) is 0 Å². The Labute approximate surface area is 124 Å². The van der Waals surface area contributed by atoms with Gasteiger partial charge in [0.25, 0.3) is 0 Å². The van der Waals surface area contributed by atoms with E-state index in [0.717, 1.165) is 0 Å². The zero-order valence-corrected chi connectivity index (χ0v) is 12.2. The summed E-state index contributed by atoms with van der Waals surface area (Å²) in [6, 6.07) is 9.42. The van der Waals surface area contributed by atoms with Crippen LogP contribution in [0.1, 0.15) is 28.4 Å². The van der Waals surface area contributed by atoms with Crippen LogP contribution in [0.4, 0.5) is 13.2 Å². The highest BCUT2D eigenvalue weighted by atomic mass is 32.1. The van der Waals surface area contributed by atoms with Crippen molar-refractivity contribution in [2.45, 2.75) is 26.1 Å². The Morgan fingerprint density at radius 3 is 2.33 bits per heavy atom. The Hall–Kier alpha value is -1.82. The van der Waals surface area contributed by atoms with E-state index >= 15 is 0 Å². The van der Waals surface area contributed by atoms with E-state index in [2.05, 4.69) is 0 Å². The van der Waals surface area contributed by atoms with E-state index < -0.39 is 17.0 Å². The van der Waals surface area contributed by atoms with Crippen LogP contribution in [0.5, 0.6) is 0 Å².